The topological polar surface area (TPSA) is 54.7 Å². The van der Waals surface area contributed by atoms with Crippen LogP contribution >= 0.6 is 12.2 Å². The van der Waals surface area contributed by atoms with Crippen LogP contribution in [-0.2, 0) is 0 Å². The van der Waals surface area contributed by atoms with Crippen LogP contribution < -0.4 is 4.90 Å². The Morgan fingerprint density at radius 2 is 1.76 bits per heavy atom. The van der Waals surface area contributed by atoms with Gasteiger partial charge in [-0.05, 0) is 43.4 Å². The van der Waals surface area contributed by atoms with Crippen LogP contribution in [-0.4, -0.2) is 46.5 Å². The molecule has 1 saturated heterocycles. The molecule has 1 aromatic rings. The number of rotatable bonds is 2. The fourth-order valence-corrected chi connectivity index (χ4v) is 2.97. The number of anilines is 1. The molecule has 25 heavy (non-hydrogen) atoms. The molecule has 2 heterocycles. The van der Waals surface area contributed by atoms with E-state index in [2.05, 4.69) is 44.3 Å². The highest BCUT2D eigenvalue weighted by molar-refractivity contribution is 7.80. The van der Waals surface area contributed by atoms with E-state index in [1.165, 1.54) is 5.69 Å². The van der Waals surface area contributed by atoms with E-state index in [1.807, 2.05) is 12.1 Å². The summed E-state index contributed by atoms with van der Waals surface area (Å²) in [5.74, 6) is 0. The smallest absolute Gasteiger partial charge is 0.216 e. The molecule has 0 aromatic heterocycles. The number of hydrogen-bond donors (Lipinski definition) is 1. The van der Waals surface area contributed by atoms with Crippen molar-refractivity contribution >= 4 is 23.0 Å². The highest BCUT2D eigenvalue weighted by Crippen LogP contribution is 2.18. The molecule has 2 aliphatic heterocycles. The Balaban J connectivity index is 1.57. The maximum absolute atomic E-state index is 9.78. The Labute approximate surface area is 153 Å². The van der Waals surface area contributed by atoms with Gasteiger partial charge >= 0.3 is 0 Å². The minimum atomic E-state index is 0.479. The van der Waals surface area contributed by atoms with E-state index in [1.54, 1.807) is 25.3 Å². The molecule has 0 aliphatic carbocycles. The Morgan fingerprint density at radius 1 is 1.04 bits per heavy atom. The Kier molecular flexibility index (Phi) is 5.57. The number of azo groups is 1. The zero-order valence-electron chi connectivity index (χ0n) is 14.1. The average molecular weight is 355 g/mol. The third-order valence-corrected chi connectivity index (χ3v) is 4.51. The van der Waals surface area contributed by atoms with Gasteiger partial charge in [0.05, 0.1) is 11.4 Å². The Morgan fingerprint density at radius 3 is 2.44 bits per heavy atom. The monoisotopic (exact) mass is 355 g/mol. The minimum absolute atomic E-state index is 0.479. The van der Waals surface area contributed by atoms with Gasteiger partial charge in [-0.3, -0.25) is 5.21 Å². The van der Waals surface area contributed by atoms with Crippen molar-refractivity contribution in [1.82, 2.24) is 9.96 Å². The zero-order valence-corrected chi connectivity index (χ0v) is 14.9. The molecule has 2 aliphatic rings. The summed E-state index contributed by atoms with van der Waals surface area (Å²) in [6.07, 6.45) is 6.90. The molecule has 3 rings (SSSR count). The standard InChI is InChI=1S/C18H21N5OS/c1-15(17-9-5-6-10-23(17)24)19-20-18(25)22-13-11-21(12-14-22)16-7-3-2-4-8-16/h2-10,24H,11-14H2,1H3. The molecular weight excluding hydrogens is 334 g/mol. The Bertz CT molecular complexity index is 733. The van der Waals surface area contributed by atoms with Crippen LogP contribution in [0.15, 0.2) is 76.4 Å². The van der Waals surface area contributed by atoms with E-state index in [4.69, 9.17) is 12.2 Å². The van der Waals surface area contributed by atoms with Crippen molar-refractivity contribution in [1.29, 1.82) is 0 Å². The summed E-state index contributed by atoms with van der Waals surface area (Å²) in [5.41, 5.74) is 2.42. The molecule has 0 atom stereocenters. The second-order valence-corrected chi connectivity index (χ2v) is 6.17. The van der Waals surface area contributed by atoms with Crippen molar-refractivity contribution < 1.29 is 5.21 Å². The van der Waals surface area contributed by atoms with Gasteiger partial charge in [-0.1, -0.05) is 24.3 Å². The predicted octanol–water partition coefficient (Wildman–Crippen LogP) is 3.55. The molecule has 0 spiro atoms. The van der Waals surface area contributed by atoms with Gasteiger partial charge in [0.15, 0.2) is 0 Å². The molecule has 7 heteroatoms. The van der Waals surface area contributed by atoms with Gasteiger partial charge in [0.2, 0.25) is 5.11 Å². The predicted molar refractivity (Wildman–Crippen MR) is 102 cm³/mol. The lowest BCUT2D eigenvalue weighted by atomic mass is 10.2. The van der Waals surface area contributed by atoms with E-state index in [-0.39, 0.29) is 0 Å². The van der Waals surface area contributed by atoms with E-state index >= 15 is 0 Å². The fraction of sp³-hybridized carbons (Fsp3) is 0.278. The molecule has 0 radical (unpaired) electrons. The van der Waals surface area contributed by atoms with E-state index in [0.717, 1.165) is 31.2 Å². The van der Waals surface area contributed by atoms with Gasteiger partial charge < -0.3 is 9.80 Å². The lowest BCUT2D eigenvalue weighted by molar-refractivity contribution is -0.00149. The van der Waals surface area contributed by atoms with Crippen molar-refractivity contribution in [2.45, 2.75) is 6.92 Å². The highest BCUT2D eigenvalue weighted by atomic mass is 32.1. The first kappa shape index (κ1) is 17.3. The first-order valence-corrected chi connectivity index (χ1v) is 8.60. The normalized spacial score (nSPS) is 19.7. The zero-order chi connectivity index (χ0) is 17.6. The molecule has 0 saturated carbocycles. The second kappa shape index (κ2) is 8.04. The number of hydrogen-bond acceptors (Lipinski definition) is 5. The first-order valence-electron chi connectivity index (χ1n) is 8.19. The average Bonchev–Trinajstić information content (AvgIpc) is 2.67. The van der Waals surface area contributed by atoms with Gasteiger partial charge in [0.1, 0.15) is 0 Å². The highest BCUT2D eigenvalue weighted by Gasteiger charge is 2.19. The molecule has 6 nitrogen and oxygen atoms in total. The van der Waals surface area contributed by atoms with E-state index < -0.39 is 0 Å². The maximum atomic E-state index is 9.78. The summed E-state index contributed by atoms with van der Waals surface area (Å²) >= 11 is 5.39. The molecule has 1 aromatic carbocycles. The summed E-state index contributed by atoms with van der Waals surface area (Å²) in [4.78, 5) is 4.40. The SMILES string of the molecule is CC(N=NC(=S)N1CCN(c2ccccc2)CC1)=C1C=CC=CN1O. The van der Waals surface area contributed by atoms with Gasteiger partial charge in [0.25, 0.3) is 0 Å². The number of nitrogens with zero attached hydrogens (tertiary/aromatic N) is 5. The van der Waals surface area contributed by atoms with Crippen LogP contribution in [0.1, 0.15) is 6.92 Å². The molecular formula is C18H21N5OS. The number of thiocarbonyl (C=S) groups is 1. The van der Waals surface area contributed by atoms with Crippen LogP contribution in [0, 0.1) is 0 Å². The van der Waals surface area contributed by atoms with Crippen molar-refractivity contribution in [3.8, 4) is 0 Å². The van der Waals surface area contributed by atoms with Crippen molar-refractivity contribution in [3.05, 3.63) is 66.2 Å². The largest absolute Gasteiger partial charge is 0.368 e. The summed E-state index contributed by atoms with van der Waals surface area (Å²) in [6.45, 7) is 5.23. The molecule has 0 bridgehead atoms. The van der Waals surface area contributed by atoms with Gasteiger partial charge in [-0.15, -0.1) is 5.11 Å². The fourth-order valence-electron chi connectivity index (χ4n) is 2.75. The first-order chi connectivity index (χ1) is 12.1. The van der Waals surface area contributed by atoms with Crippen LogP contribution in [0.2, 0.25) is 0 Å². The number of allylic oxidation sites excluding steroid dienone is 4. The quantitative estimate of drug-likeness (QED) is 0.649. The van der Waals surface area contributed by atoms with E-state index in [9.17, 15) is 5.21 Å². The molecule has 0 amide bonds. The number of piperazine rings is 1. The van der Waals surface area contributed by atoms with Gasteiger partial charge in [0, 0.05) is 38.1 Å². The second-order valence-electron chi connectivity index (χ2n) is 5.81. The molecule has 1 N–H and O–H groups in total. The van der Waals surface area contributed by atoms with Gasteiger partial charge in [-0.2, -0.15) is 5.11 Å². The van der Waals surface area contributed by atoms with Crippen LogP contribution in [0.4, 0.5) is 5.69 Å². The Hall–Kier alpha value is -2.51. The molecule has 130 valence electrons. The van der Waals surface area contributed by atoms with Crippen molar-refractivity contribution in [2.24, 2.45) is 10.2 Å². The summed E-state index contributed by atoms with van der Waals surface area (Å²) < 4.78 is 0. The van der Waals surface area contributed by atoms with Crippen LogP contribution in [0.3, 0.4) is 0 Å². The third kappa shape index (κ3) is 4.32. The number of hydroxylamine groups is 2. The van der Waals surface area contributed by atoms with E-state index in [0.29, 0.717) is 16.5 Å². The van der Waals surface area contributed by atoms with Crippen molar-refractivity contribution in [3.63, 3.8) is 0 Å². The third-order valence-electron chi connectivity index (χ3n) is 4.17. The van der Waals surface area contributed by atoms with Crippen LogP contribution in [0.5, 0.6) is 0 Å². The minimum Gasteiger partial charge on any atom is -0.368 e. The summed E-state index contributed by atoms with van der Waals surface area (Å²) in [7, 11) is 0. The number of para-hydroxylation sites is 1. The number of benzene rings is 1. The molecule has 0 unspecified atom stereocenters. The lowest BCUT2D eigenvalue weighted by Gasteiger charge is -2.36. The maximum Gasteiger partial charge on any atom is 0.216 e. The summed E-state index contributed by atoms with van der Waals surface area (Å²) in [6, 6.07) is 10.4. The van der Waals surface area contributed by atoms with Crippen molar-refractivity contribution in [2.75, 3.05) is 31.1 Å². The lowest BCUT2D eigenvalue weighted by Crippen LogP contribution is -2.47. The van der Waals surface area contributed by atoms with Crippen LogP contribution in [0.25, 0.3) is 0 Å². The summed E-state index contributed by atoms with van der Waals surface area (Å²) in [5, 5.41) is 19.6. The van der Waals surface area contributed by atoms with Gasteiger partial charge in [-0.25, -0.2) is 5.06 Å². The molecule has 1 fully saturated rings.